The molecule has 1 unspecified atom stereocenters. The van der Waals surface area contributed by atoms with E-state index in [1.54, 1.807) is 24.4 Å². The number of fused-ring (bicyclic) bond motifs is 1. The van der Waals surface area contributed by atoms with Crippen LogP contribution in [0.2, 0.25) is 0 Å². The monoisotopic (exact) mass is 495 g/mol. The van der Waals surface area contributed by atoms with Crippen molar-refractivity contribution in [1.82, 2.24) is 10.2 Å². The third-order valence-corrected chi connectivity index (χ3v) is 8.34. The van der Waals surface area contributed by atoms with Crippen LogP contribution in [0.3, 0.4) is 0 Å². The van der Waals surface area contributed by atoms with E-state index in [2.05, 4.69) is 22.4 Å². The van der Waals surface area contributed by atoms with Crippen molar-refractivity contribution in [2.45, 2.75) is 38.3 Å². The number of hydrogen-bond acceptors (Lipinski definition) is 10. The fourth-order valence-electron chi connectivity index (χ4n) is 3.49. The Hall–Kier alpha value is -2.57. The van der Waals surface area contributed by atoms with Gasteiger partial charge in [0.2, 0.25) is 15.7 Å². The molecule has 0 saturated carbocycles. The number of thiophene rings is 2. The number of rotatable bonds is 7. The maximum absolute atomic E-state index is 12.6. The minimum atomic E-state index is -4.16. The molecule has 3 aromatic heterocycles. The van der Waals surface area contributed by atoms with Crippen molar-refractivity contribution < 1.29 is 27.2 Å². The Labute approximate surface area is 192 Å². The average molecular weight is 496 g/mol. The quantitative estimate of drug-likeness (QED) is 0.493. The Kier molecular flexibility index (Phi) is 6.45. The van der Waals surface area contributed by atoms with Gasteiger partial charge in [0.25, 0.3) is 5.89 Å². The molecule has 12 heteroatoms. The Morgan fingerprint density at radius 2 is 2.16 bits per heavy atom. The van der Waals surface area contributed by atoms with Gasteiger partial charge in [0.15, 0.2) is 0 Å². The van der Waals surface area contributed by atoms with E-state index in [1.807, 2.05) is 0 Å². The number of nitrogens with zero attached hydrogens (tertiary/aromatic N) is 2. The second-order valence-electron chi connectivity index (χ2n) is 7.43. The molecule has 9 nitrogen and oxygen atoms in total. The van der Waals surface area contributed by atoms with Crippen molar-refractivity contribution in [2.75, 3.05) is 17.7 Å². The zero-order chi connectivity index (χ0) is 22.9. The molecule has 170 valence electrons. The third kappa shape index (κ3) is 4.62. The molecule has 3 heterocycles. The van der Waals surface area contributed by atoms with Crippen molar-refractivity contribution in [3.05, 3.63) is 33.5 Å². The van der Waals surface area contributed by atoms with Crippen molar-refractivity contribution in [3.63, 3.8) is 0 Å². The van der Waals surface area contributed by atoms with Gasteiger partial charge in [-0.3, -0.25) is 4.79 Å². The number of nitrogens with one attached hydrogen (secondary N) is 1. The lowest BCUT2D eigenvalue weighted by molar-refractivity contribution is -0.113. The molecule has 4 rings (SSSR count). The Bertz CT molecular complexity index is 1240. The lowest BCUT2D eigenvalue weighted by atomic mass is 9.88. The first kappa shape index (κ1) is 22.6. The first-order valence-corrected chi connectivity index (χ1v) is 13.3. The molecule has 0 radical (unpaired) electrons. The van der Waals surface area contributed by atoms with E-state index in [0.29, 0.717) is 27.8 Å². The number of hydrogen-bond donors (Lipinski definition) is 1. The fraction of sp³-hybridized carbons (Fsp3) is 0.400. The smallest absolute Gasteiger partial charge is 0.341 e. The summed E-state index contributed by atoms with van der Waals surface area (Å²) in [6.07, 6.45) is 2.44. The molecule has 1 aliphatic rings. The zero-order valence-electron chi connectivity index (χ0n) is 17.4. The first-order chi connectivity index (χ1) is 15.3. The van der Waals surface area contributed by atoms with Gasteiger partial charge in [0.05, 0.1) is 17.0 Å². The molecule has 1 aliphatic carbocycles. The summed E-state index contributed by atoms with van der Waals surface area (Å²) in [4.78, 5) is 26.8. The van der Waals surface area contributed by atoms with Gasteiger partial charge in [-0.1, -0.05) is 18.1 Å². The number of ether oxygens (including phenoxy) is 1. The van der Waals surface area contributed by atoms with E-state index < -0.39 is 32.7 Å². The Morgan fingerprint density at radius 3 is 2.88 bits per heavy atom. The third-order valence-electron chi connectivity index (χ3n) is 4.97. The molecule has 0 saturated heterocycles. The number of carbonyl (C=O) groups is 2. The number of carbonyl (C=O) groups excluding carboxylic acids is 2. The lowest BCUT2D eigenvalue weighted by Gasteiger charge is -2.18. The predicted molar refractivity (Wildman–Crippen MR) is 120 cm³/mol. The van der Waals surface area contributed by atoms with E-state index >= 15 is 0 Å². The molecule has 32 heavy (non-hydrogen) atoms. The molecule has 1 atom stereocenters. The number of sulfone groups is 1. The standard InChI is InChI=1S/C20H21N3O6S3/c1-3-28-19(25)16-12-7-6-11(2)9-14(12)31-18(16)21-15(24)10-32(26,27)20-23-22-17(29-20)13-5-4-8-30-13/h4-5,8,11H,3,6-7,9-10H2,1-2H3,(H,21,24). The van der Waals surface area contributed by atoms with Crippen molar-refractivity contribution in [3.8, 4) is 10.8 Å². The minimum Gasteiger partial charge on any atom is -0.462 e. The summed E-state index contributed by atoms with van der Waals surface area (Å²) in [5.74, 6) is -1.66. The number of anilines is 1. The summed E-state index contributed by atoms with van der Waals surface area (Å²) in [6, 6.07) is 3.49. The van der Waals surface area contributed by atoms with Gasteiger partial charge in [-0.15, -0.1) is 27.8 Å². The number of amides is 1. The number of esters is 1. The van der Waals surface area contributed by atoms with Gasteiger partial charge in [-0.05, 0) is 49.1 Å². The summed E-state index contributed by atoms with van der Waals surface area (Å²) in [6.45, 7) is 4.04. The summed E-state index contributed by atoms with van der Waals surface area (Å²) in [5, 5.41) is 11.4. The van der Waals surface area contributed by atoms with Gasteiger partial charge in [-0.2, -0.15) is 0 Å². The van der Waals surface area contributed by atoms with E-state index in [-0.39, 0.29) is 12.5 Å². The highest BCUT2D eigenvalue weighted by Crippen LogP contribution is 2.40. The van der Waals surface area contributed by atoms with Crippen LogP contribution < -0.4 is 5.32 Å². The topological polar surface area (TPSA) is 128 Å². The van der Waals surface area contributed by atoms with E-state index in [9.17, 15) is 18.0 Å². The Morgan fingerprint density at radius 1 is 1.34 bits per heavy atom. The maximum Gasteiger partial charge on any atom is 0.341 e. The van der Waals surface area contributed by atoms with Crippen molar-refractivity contribution >= 4 is 49.4 Å². The molecule has 1 amide bonds. The van der Waals surface area contributed by atoms with Crippen LogP contribution >= 0.6 is 22.7 Å². The van der Waals surface area contributed by atoms with Crippen LogP contribution in [-0.2, 0) is 32.2 Å². The highest BCUT2D eigenvalue weighted by Gasteiger charge is 2.31. The van der Waals surface area contributed by atoms with Gasteiger partial charge >= 0.3 is 11.2 Å². The molecule has 0 aromatic carbocycles. The van der Waals surface area contributed by atoms with Crippen LogP contribution in [-0.4, -0.2) is 42.9 Å². The van der Waals surface area contributed by atoms with Crippen LogP contribution in [0, 0.1) is 5.92 Å². The lowest BCUT2D eigenvalue weighted by Crippen LogP contribution is -2.24. The first-order valence-electron chi connectivity index (χ1n) is 10.00. The highest BCUT2D eigenvalue weighted by molar-refractivity contribution is 7.91. The summed E-state index contributed by atoms with van der Waals surface area (Å²) in [7, 11) is -4.16. The molecular formula is C20H21N3O6S3. The van der Waals surface area contributed by atoms with Crippen molar-refractivity contribution in [2.24, 2.45) is 5.92 Å². The summed E-state index contributed by atoms with van der Waals surface area (Å²) < 4.78 is 35.7. The largest absolute Gasteiger partial charge is 0.462 e. The van der Waals surface area contributed by atoms with Gasteiger partial charge in [0, 0.05) is 4.88 Å². The molecular weight excluding hydrogens is 474 g/mol. The summed E-state index contributed by atoms with van der Waals surface area (Å²) >= 11 is 2.62. The number of aromatic nitrogens is 2. The molecule has 0 fully saturated rings. The van der Waals surface area contributed by atoms with Gasteiger partial charge in [0.1, 0.15) is 10.8 Å². The molecule has 3 aromatic rings. The van der Waals surface area contributed by atoms with Crippen LogP contribution in [0.4, 0.5) is 5.00 Å². The predicted octanol–water partition coefficient (Wildman–Crippen LogP) is 3.57. The van der Waals surface area contributed by atoms with Crippen LogP contribution in [0.5, 0.6) is 0 Å². The van der Waals surface area contributed by atoms with Gasteiger partial charge in [-0.25, -0.2) is 13.2 Å². The Balaban J connectivity index is 1.54. The van der Waals surface area contributed by atoms with E-state index in [1.165, 1.54) is 22.7 Å². The van der Waals surface area contributed by atoms with Crippen LogP contribution in [0.1, 0.15) is 41.1 Å². The summed E-state index contributed by atoms with van der Waals surface area (Å²) in [5.41, 5.74) is 1.20. The maximum atomic E-state index is 12.6. The normalized spacial score (nSPS) is 15.9. The van der Waals surface area contributed by atoms with Crippen molar-refractivity contribution in [1.29, 1.82) is 0 Å². The second kappa shape index (κ2) is 9.12. The fourth-order valence-corrected chi connectivity index (χ4v) is 6.46. The van der Waals surface area contributed by atoms with Crippen LogP contribution in [0.25, 0.3) is 10.8 Å². The SMILES string of the molecule is CCOC(=O)c1c(NC(=O)CS(=O)(=O)c2nnc(-c3cccs3)o2)sc2c1CCC(C)C2. The van der Waals surface area contributed by atoms with E-state index in [0.717, 1.165) is 23.3 Å². The second-order valence-corrected chi connectivity index (χ2v) is 11.4. The van der Waals surface area contributed by atoms with Crippen LogP contribution in [0.15, 0.2) is 27.2 Å². The molecule has 0 aliphatic heterocycles. The minimum absolute atomic E-state index is 0.0728. The zero-order valence-corrected chi connectivity index (χ0v) is 19.9. The average Bonchev–Trinajstić information content (AvgIpc) is 3.46. The highest BCUT2D eigenvalue weighted by atomic mass is 32.2. The molecule has 1 N–H and O–H groups in total. The van der Waals surface area contributed by atoms with E-state index in [4.69, 9.17) is 9.15 Å². The van der Waals surface area contributed by atoms with Gasteiger partial charge < -0.3 is 14.5 Å². The molecule has 0 spiro atoms. The molecule has 0 bridgehead atoms.